The van der Waals surface area contributed by atoms with E-state index in [2.05, 4.69) is 26.1 Å². The average Bonchev–Trinajstić information content (AvgIpc) is 2.48. The van der Waals surface area contributed by atoms with Gasteiger partial charge in [0.25, 0.3) is 0 Å². The summed E-state index contributed by atoms with van der Waals surface area (Å²) in [4.78, 5) is 4.84. The van der Waals surface area contributed by atoms with Crippen molar-refractivity contribution in [2.75, 3.05) is 12.3 Å². The normalized spacial score (nSPS) is 30.8. The van der Waals surface area contributed by atoms with Crippen LogP contribution in [0.5, 0.6) is 0 Å². The maximum Gasteiger partial charge on any atom is 0.156 e. The van der Waals surface area contributed by atoms with E-state index in [-0.39, 0.29) is 0 Å². The highest BCUT2D eigenvalue weighted by atomic mass is 32.2. The lowest BCUT2D eigenvalue weighted by Crippen LogP contribution is -2.41. The third-order valence-electron chi connectivity index (χ3n) is 5.26. The number of hydrogen-bond donors (Lipinski definition) is 1. The minimum Gasteiger partial charge on any atom is -0.362 e. The van der Waals surface area contributed by atoms with Crippen LogP contribution >= 0.6 is 11.8 Å². The van der Waals surface area contributed by atoms with Gasteiger partial charge in [-0.3, -0.25) is 4.99 Å². The zero-order valence-corrected chi connectivity index (χ0v) is 13.7. The van der Waals surface area contributed by atoms with E-state index in [9.17, 15) is 0 Å². The van der Waals surface area contributed by atoms with Crippen LogP contribution in [-0.2, 0) is 0 Å². The summed E-state index contributed by atoms with van der Waals surface area (Å²) in [5.41, 5.74) is 0.467. The highest BCUT2D eigenvalue weighted by Crippen LogP contribution is 2.35. The SMILES string of the molecule is CCC1CCCC(NC2=NCC(CC)(CC)CS2)C1. The number of rotatable bonds is 4. The number of hydrogen-bond acceptors (Lipinski definition) is 3. The molecule has 19 heavy (non-hydrogen) atoms. The molecule has 1 fully saturated rings. The highest BCUT2D eigenvalue weighted by Gasteiger charge is 2.31. The van der Waals surface area contributed by atoms with Crippen molar-refractivity contribution in [3.05, 3.63) is 0 Å². The van der Waals surface area contributed by atoms with Crippen molar-refractivity contribution in [1.29, 1.82) is 0 Å². The molecule has 1 N–H and O–H groups in total. The van der Waals surface area contributed by atoms with E-state index in [0.717, 1.165) is 12.5 Å². The molecule has 0 saturated heterocycles. The maximum atomic E-state index is 4.84. The minimum absolute atomic E-state index is 0.467. The Balaban J connectivity index is 1.85. The molecule has 1 heterocycles. The standard InChI is InChI=1S/C16H30N2S/c1-4-13-8-7-9-14(10-13)18-15-17-11-16(5-2,6-3)12-19-15/h13-14H,4-12H2,1-3H3,(H,17,18). The van der Waals surface area contributed by atoms with Crippen LogP contribution in [0.3, 0.4) is 0 Å². The third kappa shape index (κ3) is 3.90. The molecule has 0 aromatic carbocycles. The van der Waals surface area contributed by atoms with Crippen LogP contribution in [0.25, 0.3) is 0 Å². The van der Waals surface area contributed by atoms with E-state index >= 15 is 0 Å². The molecule has 2 nitrogen and oxygen atoms in total. The molecule has 2 unspecified atom stereocenters. The van der Waals surface area contributed by atoms with E-state index in [1.54, 1.807) is 0 Å². The summed E-state index contributed by atoms with van der Waals surface area (Å²) in [6, 6.07) is 0.681. The molecule has 3 heteroatoms. The number of amidine groups is 1. The number of aliphatic imine (C=N–C) groups is 1. The average molecular weight is 282 g/mol. The Morgan fingerprint density at radius 1 is 1.26 bits per heavy atom. The smallest absolute Gasteiger partial charge is 0.156 e. The molecular weight excluding hydrogens is 252 g/mol. The molecule has 0 aromatic rings. The van der Waals surface area contributed by atoms with Gasteiger partial charge < -0.3 is 5.32 Å². The molecular formula is C16H30N2S. The Morgan fingerprint density at radius 2 is 2.05 bits per heavy atom. The number of thioether (sulfide) groups is 1. The predicted octanol–water partition coefficient (Wildman–Crippen LogP) is 4.45. The molecule has 0 spiro atoms. The van der Waals surface area contributed by atoms with Crippen LogP contribution in [0.4, 0.5) is 0 Å². The number of nitrogens with zero attached hydrogens (tertiary/aromatic N) is 1. The molecule has 2 rings (SSSR count). The second-order valence-corrected chi connectivity index (χ2v) is 7.36. The van der Waals surface area contributed by atoms with Crippen LogP contribution in [0.1, 0.15) is 65.7 Å². The lowest BCUT2D eigenvalue weighted by molar-refractivity contribution is 0.297. The summed E-state index contributed by atoms with van der Waals surface area (Å²) in [7, 11) is 0. The highest BCUT2D eigenvalue weighted by molar-refractivity contribution is 8.13. The van der Waals surface area contributed by atoms with Gasteiger partial charge in [-0.1, -0.05) is 51.8 Å². The fourth-order valence-electron chi connectivity index (χ4n) is 3.28. The third-order valence-corrected chi connectivity index (χ3v) is 6.54. The van der Waals surface area contributed by atoms with Crippen molar-refractivity contribution in [3.63, 3.8) is 0 Å². The molecule has 0 bridgehead atoms. The fraction of sp³-hybridized carbons (Fsp3) is 0.938. The van der Waals surface area contributed by atoms with Crippen LogP contribution < -0.4 is 5.32 Å². The number of nitrogens with one attached hydrogen (secondary N) is 1. The van der Waals surface area contributed by atoms with Crippen LogP contribution in [-0.4, -0.2) is 23.5 Å². The molecule has 2 aliphatic rings. The van der Waals surface area contributed by atoms with E-state index < -0.39 is 0 Å². The van der Waals surface area contributed by atoms with Crippen molar-refractivity contribution >= 4 is 16.9 Å². The van der Waals surface area contributed by atoms with Crippen molar-refractivity contribution < 1.29 is 0 Å². The summed E-state index contributed by atoms with van der Waals surface area (Å²) in [5.74, 6) is 2.18. The van der Waals surface area contributed by atoms with Gasteiger partial charge in [0.05, 0.1) is 0 Å². The topological polar surface area (TPSA) is 24.4 Å². The minimum atomic E-state index is 0.467. The molecule has 0 aromatic heterocycles. The quantitative estimate of drug-likeness (QED) is 0.823. The monoisotopic (exact) mass is 282 g/mol. The first-order valence-corrected chi connectivity index (χ1v) is 9.13. The molecule has 0 radical (unpaired) electrons. The second-order valence-electron chi connectivity index (χ2n) is 6.40. The van der Waals surface area contributed by atoms with Crippen molar-refractivity contribution in [1.82, 2.24) is 5.32 Å². The molecule has 1 aliphatic heterocycles. The Hall–Kier alpha value is -0.180. The van der Waals surface area contributed by atoms with E-state index in [4.69, 9.17) is 4.99 Å². The van der Waals surface area contributed by atoms with E-state index in [1.165, 1.54) is 55.9 Å². The maximum absolute atomic E-state index is 4.84. The van der Waals surface area contributed by atoms with Crippen LogP contribution in [0.15, 0.2) is 4.99 Å². The first-order valence-electron chi connectivity index (χ1n) is 8.15. The molecule has 110 valence electrons. The van der Waals surface area contributed by atoms with Gasteiger partial charge in [-0.25, -0.2) is 0 Å². The Morgan fingerprint density at radius 3 is 2.63 bits per heavy atom. The van der Waals surface area contributed by atoms with Crippen molar-refractivity contribution in [3.8, 4) is 0 Å². The van der Waals surface area contributed by atoms with Gasteiger partial charge in [0.15, 0.2) is 5.17 Å². The van der Waals surface area contributed by atoms with Gasteiger partial charge in [0.2, 0.25) is 0 Å². The van der Waals surface area contributed by atoms with Gasteiger partial charge in [0.1, 0.15) is 0 Å². The van der Waals surface area contributed by atoms with E-state index in [0.29, 0.717) is 11.5 Å². The van der Waals surface area contributed by atoms with Gasteiger partial charge >= 0.3 is 0 Å². The summed E-state index contributed by atoms with van der Waals surface area (Å²) in [5, 5.41) is 4.94. The van der Waals surface area contributed by atoms with Gasteiger partial charge in [0, 0.05) is 18.3 Å². The molecule has 2 atom stereocenters. The first kappa shape index (κ1) is 15.2. The zero-order chi connectivity index (χ0) is 13.7. The van der Waals surface area contributed by atoms with Gasteiger partial charge in [-0.15, -0.1) is 0 Å². The Labute approximate surface area is 123 Å². The fourth-order valence-corrected chi connectivity index (χ4v) is 4.63. The summed E-state index contributed by atoms with van der Waals surface area (Å²) in [6.07, 6.45) is 9.37. The Kier molecular flexibility index (Phi) is 5.61. The van der Waals surface area contributed by atoms with Crippen molar-refractivity contribution in [2.24, 2.45) is 16.3 Å². The summed E-state index contributed by atoms with van der Waals surface area (Å²) >= 11 is 1.96. The zero-order valence-electron chi connectivity index (χ0n) is 12.9. The summed E-state index contributed by atoms with van der Waals surface area (Å²) in [6.45, 7) is 7.98. The largest absolute Gasteiger partial charge is 0.362 e. The van der Waals surface area contributed by atoms with Crippen molar-refractivity contribution in [2.45, 2.75) is 71.8 Å². The second kappa shape index (κ2) is 7.01. The lowest BCUT2D eigenvalue weighted by atomic mass is 9.84. The van der Waals surface area contributed by atoms with Crippen LogP contribution in [0.2, 0.25) is 0 Å². The molecule has 0 amide bonds. The summed E-state index contributed by atoms with van der Waals surface area (Å²) < 4.78 is 0. The lowest BCUT2D eigenvalue weighted by Gasteiger charge is -2.35. The molecule has 1 aliphatic carbocycles. The predicted molar refractivity (Wildman–Crippen MR) is 86.9 cm³/mol. The van der Waals surface area contributed by atoms with Gasteiger partial charge in [-0.2, -0.15) is 0 Å². The first-order chi connectivity index (χ1) is 9.21. The van der Waals surface area contributed by atoms with Crippen LogP contribution in [0, 0.1) is 11.3 Å². The van der Waals surface area contributed by atoms with E-state index in [1.807, 2.05) is 11.8 Å². The molecule has 1 saturated carbocycles. The Bertz CT molecular complexity index is 310. The van der Waals surface area contributed by atoms with Gasteiger partial charge in [-0.05, 0) is 37.0 Å².